The van der Waals surface area contributed by atoms with Crippen molar-refractivity contribution in [3.63, 3.8) is 0 Å². The highest BCUT2D eigenvalue weighted by Gasteiger charge is 2.27. The molecule has 1 aliphatic rings. The molecule has 0 aliphatic heterocycles. The van der Waals surface area contributed by atoms with Crippen LogP contribution in [0.3, 0.4) is 0 Å². The lowest BCUT2D eigenvalue weighted by Crippen LogP contribution is -2.34. The Balaban J connectivity index is 1.49. The molecule has 5 rings (SSSR count). The first-order chi connectivity index (χ1) is 15.5. The number of amides is 1. The molecule has 0 fully saturated rings. The van der Waals surface area contributed by atoms with Crippen molar-refractivity contribution in [2.75, 3.05) is 7.11 Å². The zero-order chi connectivity index (χ0) is 22.4. The van der Waals surface area contributed by atoms with Gasteiger partial charge in [-0.3, -0.25) is 9.59 Å². The summed E-state index contributed by atoms with van der Waals surface area (Å²) in [6.45, 7) is 4.18. The summed E-state index contributed by atoms with van der Waals surface area (Å²) >= 11 is 0. The fraction of sp³-hybridized carbons (Fsp3) is 0.308. The van der Waals surface area contributed by atoms with Gasteiger partial charge >= 0.3 is 0 Å². The Morgan fingerprint density at radius 2 is 2.03 bits per heavy atom. The van der Waals surface area contributed by atoms with Gasteiger partial charge in [0.2, 0.25) is 5.43 Å². The van der Waals surface area contributed by atoms with Gasteiger partial charge in [0.15, 0.2) is 0 Å². The van der Waals surface area contributed by atoms with E-state index in [1.165, 1.54) is 5.56 Å². The van der Waals surface area contributed by atoms with E-state index in [9.17, 15) is 9.59 Å². The lowest BCUT2D eigenvalue weighted by atomic mass is 9.91. The van der Waals surface area contributed by atoms with E-state index in [1.807, 2.05) is 30.3 Å². The normalized spacial score (nSPS) is 15.8. The number of pyridine rings is 1. The van der Waals surface area contributed by atoms with E-state index in [0.717, 1.165) is 52.7 Å². The highest BCUT2D eigenvalue weighted by Crippen LogP contribution is 2.36. The van der Waals surface area contributed by atoms with Crippen molar-refractivity contribution in [3.8, 4) is 5.75 Å². The van der Waals surface area contributed by atoms with Crippen LogP contribution < -0.4 is 15.5 Å². The third-order valence-corrected chi connectivity index (χ3v) is 6.53. The molecule has 0 spiro atoms. The molecule has 2 heterocycles. The van der Waals surface area contributed by atoms with Crippen molar-refractivity contribution in [2.24, 2.45) is 0 Å². The lowest BCUT2D eigenvalue weighted by molar-refractivity contribution is 0.0930. The van der Waals surface area contributed by atoms with Gasteiger partial charge in [-0.25, -0.2) is 0 Å². The first-order valence-corrected chi connectivity index (χ1v) is 11.1. The molecular weight excluding hydrogens is 402 g/mol. The van der Waals surface area contributed by atoms with Crippen molar-refractivity contribution >= 4 is 27.7 Å². The van der Waals surface area contributed by atoms with Crippen molar-refractivity contribution in [2.45, 2.75) is 45.1 Å². The van der Waals surface area contributed by atoms with Crippen molar-refractivity contribution in [3.05, 3.63) is 75.2 Å². The quantitative estimate of drug-likeness (QED) is 0.429. The van der Waals surface area contributed by atoms with Gasteiger partial charge in [0.05, 0.1) is 18.7 Å². The van der Waals surface area contributed by atoms with Crippen molar-refractivity contribution < 1.29 is 9.53 Å². The molecule has 6 nitrogen and oxygen atoms in total. The van der Waals surface area contributed by atoms with Gasteiger partial charge in [-0.2, -0.15) is 0 Å². The highest BCUT2D eigenvalue weighted by atomic mass is 16.5. The Labute approximate surface area is 186 Å². The van der Waals surface area contributed by atoms with Crippen molar-refractivity contribution in [1.29, 1.82) is 0 Å². The molecule has 0 bridgehead atoms. The summed E-state index contributed by atoms with van der Waals surface area (Å²) in [6.07, 6.45) is 4.29. The molecular formula is C26H27N3O3. The summed E-state index contributed by atoms with van der Waals surface area (Å²) in [7, 11) is 1.66. The second kappa shape index (κ2) is 7.86. The number of rotatable bonds is 4. The second-order valence-corrected chi connectivity index (χ2v) is 8.80. The average molecular weight is 430 g/mol. The van der Waals surface area contributed by atoms with Crippen LogP contribution >= 0.6 is 0 Å². The zero-order valence-corrected chi connectivity index (χ0v) is 18.5. The minimum absolute atomic E-state index is 0.142. The number of carbonyl (C=O) groups excluding carboxylic acids is 1. The maximum atomic E-state index is 13.2. The topological polar surface area (TPSA) is 87.0 Å². The van der Waals surface area contributed by atoms with Gasteiger partial charge in [0.1, 0.15) is 11.3 Å². The Morgan fingerprint density at radius 3 is 2.81 bits per heavy atom. The lowest BCUT2D eigenvalue weighted by Gasteiger charge is -2.24. The first-order valence-electron chi connectivity index (χ1n) is 11.1. The van der Waals surface area contributed by atoms with Crippen LogP contribution in [0.25, 0.3) is 21.8 Å². The Kier molecular flexibility index (Phi) is 5.00. The third-order valence-electron chi connectivity index (χ3n) is 6.53. The smallest absolute Gasteiger partial charge is 0.257 e. The van der Waals surface area contributed by atoms with Crippen LogP contribution in [0.5, 0.6) is 5.75 Å². The summed E-state index contributed by atoms with van der Waals surface area (Å²) in [5, 5.41) is 4.78. The third kappa shape index (κ3) is 3.27. The number of hydrogen-bond acceptors (Lipinski definition) is 3. The number of ether oxygens (including phenoxy) is 1. The molecule has 164 valence electrons. The summed E-state index contributed by atoms with van der Waals surface area (Å²) in [6, 6.07) is 11.5. The molecule has 4 aromatic rings. The molecule has 0 radical (unpaired) electrons. The number of methoxy groups -OCH3 is 1. The fourth-order valence-electron chi connectivity index (χ4n) is 4.87. The largest absolute Gasteiger partial charge is 0.497 e. The minimum atomic E-state index is -0.350. The van der Waals surface area contributed by atoms with Gasteiger partial charge in [-0.15, -0.1) is 0 Å². The van der Waals surface area contributed by atoms with Crippen LogP contribution in [-0.4, -0.2) is 23.0 Å². The molecule has 32 heavy (non-hydrogen) atoms. The average Bonchev–Trinajstić information content (AvgIpc) is 3.17. The molecule has 2 aromatic carbocycles. The highest BCUT2D eigenvalue weighted by molar-refractivity contribution is 5.98. The number of aryl methyl sites for hydroxylation is 1. The zero-order valence-electron chi connectivity index (χ0n) is 18.5. The number of fused-ring (bicyclic) bond motifs is 4. The van der Waals surface area contributed by atoms with Crippen LogP contribution in [0.4, 0.5) is 0 Å². The second-order valence-electron chi connectivity index (χ2n) is 8.80. The number of aromatic amines is 2. The molecule has 1 atom stereocenters. The number of carbonyl (C=O) groups is 1. The van der Waals surface area contributed by atoms with Gasteiger partial charge in [-0.05, 0) is 60.6 Å². The Morgan fingerprint density at radius 1 is 1.19 bits per heavy atom. The first kappa shape index (κ1) is 20.4. The van der Waals surface area contributed by atoms with Crippen LogP contribution in [0.15, 0.2) is 47.4 Å². The molecule has 3 N–H and O–H groups in total. The predicted molar refractivity (Wildman–Crippen MR) is 127 cm³/mol. The summed E-state index contributed by atoms with van der Waals surface area (Å²) < 4.78 is 5.38. The molecule has 0 unspecified atom stereocenters. The van der Waals surface area contributed by atoms with Gasteiger partial charge in [0, 0.05) is 28.2 Å². The summed E-state index contributed by atoms with van der Waals surface area (Å²) in [5.41, 5.74) is 5.03. The van der Waals surface area contributed by atoms with Crippen LogP contribution in [-0.2, 0) is 6.42 Å². The number of H-pyrrole nitrogens is 2. The van der Waals surface area contributed by atoms with Crippen molar-refractivity contribution in [1.82, 2.24) is 15.3 Å². The standard InChI is InChI=1S/C26H27N3O3/c1-14(2)16-6-4-8-18-23(16)27-13-20(25(18)30)26(31)29-22-9-5-7-17-19-12-15(32-3)10-11-21(19)28-24(17)22/h4,6,8,10-14,22,28H,5,7,9H2,1-3H3,(H,27,30)(H,29,31)/t22-/m1/s1. The van der Waals surface area contributed by atoms with Crippen LogP contribution in [0.1, 0.15) is 65.8 Å². The van der Waals surface area contributed by atoms with Crippen LogP contribution in [0, 0.1) is 0 Å². The van der Waals surface area contributed by atoms with E-state index in [1.54, 1.807) is 19.4 Å². The number of nitrogens with one attached hydrogen (secondary N) is 3. The van der Waals surface area contributed by atoms with Gasteiger partial charge < -0.3 is 20.0 Å². The minimum Gasteiger partial charge on any atom is -0.497 e. The molecule has 1 aliphatic carbocycles. The van der Waals surface area contributed by atoms with Gasteiger partial charge in [-0.1, -0.05) is 26.0 Å². The fourth-order valence-corrected chi connectivity index (χ4v) is 4.87. The van der Waals surface area contributed by atoms with E-state index in [4.69, 9.17) is 4.74 Å². The van der Waals surface area contributed by atoms with Crippen LogP contribution in [0.2, 0.25) is 0 Å². The molecule has 0 saturated heterocycles. The summed E-state index contributed by atoms with van der Waals surface area (Å²) in [4.78, 5) is 33.0. The number of benzene rings is 2. The van der Waals surface area contributed by atoms with E-state index in [0.29, 0.717) is 5.39 Å². The van der Waals surface area contributed by atoms with E-state index >= 15 is 0 Å². The molecule has 6 heteroatoms. The Hall–Kier alpha value is -3.54. The summed E-state index contributed by atoms with van der Waals surface area (Å²) in [5.74, 6) is 0.737. The Bertz CT molecular complexity index is 1400. The maximum Gasteiger partial charge on any atom is 0.257 e. The number of aromatic nitrogens is 2. The molecule has 0 saturated carbocycles. The predicted octanol–water partition coefficient (Wildman–Crippen LogP) is 4.95. The molecule has 2 aromatic heterocycles. The monoisotopic (exact) mass is 429 g/mol. The maximum absolute atomic E-state index is 13.2. The van der Waals surface area contributed by atoms with E-state index < -0.39 is 0 Å². The van der Waals surface area contributed by atoms with E-state index in [2.05, 4.69) is 29.1 Å². The van der Waals surface area contributed by atoms with E-state index in [-0.39, 0.29) is 28.9 Å². The number of hydrogen-bond donors (Lipinski definition) is 3. The van der Waals surface area contributed by atoms with Gasteiger partial charge in [0.25, 0.3) is 5.91 Å². The molecule has 1 amide bonds. The number of para-hydroxylation sites is 1. The SMILES string of the molecule is COc1ccc2[nH]c3c(c2c1)CCC[C@H]3NC(=O)c1c[nH]c2c(C(C)C)cccc2c1=O.